The van der Waals surface area contributed by atoms with Crippen molar-refractivity contribution in [2.45, 2.75) is 0 Å². The van der Waals surface area contributed by atoms with E-state index in [4.69, 9.17) is 14.7 Å². The Kier molecular flexibility index (Phi) is 8.72. The molecule has 7 aromatic rings. The summed E-state index contributed by atoms with van der Waals surface area (Å²) in [4.78, 5) is 30.8. The number of anilines is 3. The predicted octanol–water partition coefficient (Wildman–Crippen LogP) is 10.6. The Hall–Kier alpha value is -6.67. The molecule has 3 aromatic heterocycles. The fourth-order valence-corrected chi connectivity index (χ4v) is 8.44. The largest absolute Gasteiger partial charge is 0.497 e. The molecule has 10 heteroatoms. The summed E-state index contributed by atoms with van der Waals surface area (Å²) in [5, 5.41) is 18.3. The number of nitrogens with zero attached hydrogens (tertiary/aromatic N) is 3. The first-order chi connectivity index (χ1) is 25.8. The third kappa shape index (κ3) is 6.29. The molecule has 8 rings (SSSR count). The van der Waals surface area contributed by atoms with Crippen LogP contribution in [0.5, 0.6) is 11.5 Å². The molecule has 0 spiro atoms. The average molecular weight is 732 g/mol. The number of methoxy groups -OCH3 is 2. The molecule has 0 aliphatic carbocycles. The summed E-state index contributed by atoms with van der Waals surface area (Å²) < 4.78 is 12.7. The van der Waals surface area contributed by atoms with Crippen LogP contribution >= 0.6 is 22.7 Å². The Morgan fingerprint density at radius 1 is 0.717 bits per heavy atom. The van der Waals surface area contributed by atoms with Crippen LogP contribution in [-0.4, -0.2) is 35.6 Å². The zero-order chi connectivity index (χ0) is 36.6. The standard InChI is InChI=1S/C43H29N3O5S2/c1-50-33-12-8-31(9-13-33)46(32-10-14-34(51-2)15-11-32)30-6-3-26(4-7-30)29-23-38-42(47)36-22-27(5-17-37(36)45(38)25-29)39-19-20-41(53-39)40-18-16-35(52-40)21-28(24-44)43(48)49/h3-23,25H,1-2H3,(H,48,49)/b28-21-. The van der Waals surface area contributed by atoms with Gasteiger partial charge in [-0.2, -0.15) is 5.26 Å². The van der Waals surface area contributed by atoms with Gasteiger partial charge in [-0.15, -0.1) is 22.7 Å². The fourth-order valence-electron chi connectivity index (χ4n) is 6.40. The van der Waals surface area contributed by atoms with Gasteiger partial charge in [0.05, 0.1) is 25.6 Å². The normalized spacial score (nSPS) is 11.9. The Morgan fingerprint density at radius 3 is 1.89 bits per heavy atom. The van der Waals surface area contributed by atoms with Gasteiger partial charge in [0, 0.05) is 53.9 Å². The van der Waals surface area contributed by atoms with Crippen molar-refractivity contribution in [3.8, 4) is 54.6 Å². The molecule has 4 aromatic carbocycles. The molecule has 4 heterocycles. The lowest BCUT2D eigenvalue weighted by Crippen LogP contribution is -2.09. The van der Waals surface area contributed by atoms with E-state index in [1.54, 1.807) is 31.6 Å². The van der Waals surface area contributed by atoms with E-state index in [1.807, 2.05) is 108 Å². The van der Waals surface area contributed by atoms with Crippen molar-refractivity contribution in [2.24, 2.45) is 0 Å². The number of nitriles is 1. The molecule has 8 nitrogen and oxygen atoms in total. The van der Waals surface area contributed by atoms with Crippen LogP contribution in [0, 0.1) is 11.3 Å². The maximum atomic E-state index is 13.7. The molecule has 0 saturated carbocycles. The number of thiophene rings is 2. The van der Waals surface area contributed by atoms with Crippen molar-refractivity contribution in [1.82, 2.24) is 4.57 Å². The monoisotopic (exact) mass is 731 g/mol. The molecule has 1 N–H and O–H groups in total. The molecule has 0 radical (unpaired) electrons. The summed E-state index contributed by atoms with van der Waals surface area (Å²) in [6.45, 7) is 0. The third-order valence-corrected chi connectivity index (χ3v) is 11.4. The number of fused-ring (bicyclic) bond motifs is 3. The first kappa shape index (κ1) is 33.5. The second-order valence-corrected chi connectivity index (χ2v) is 14.4. The molecule has 1 aliphatic rings. The summed E-state index contributed by atoms with van der Waals surface area (Å²) in [6.07, 6.45) is 3.40. The van der Waals surface area contributed by atoms with Gasteiger partial charge < -0.3 is 24.0 Å². The maximum absolute atomic E-state index is 13.7. The Morgan fingerprint density at radius 2 is 1.28 bits per heavy atom. The topological polar surface area (TPSA) is 105 Å². The second-order valence-electron chi connectivity index (χ2n) is 12.2. The number of benzene rings is 4. The molecule has 258 valence electrons. The Labute approximate surface area is 313 Å². The lowest BCUT2D eigenvalue weighted by molar-refractivity contribution is -0.132. The molecule has 0 saturated heterocycles. The highest BCUT2D eigenvalue weighted by Crippen LogP contribution is 2.42. The quantitative estimate of drug-likeness (QED) is 0.110. The van der Waals surface area contributed by atoms with Crippen molar-refractivity contribution in [2.75, 3.05) is 19.1 Å². The SMILES string of the molecule is COc1ccc(N(c2ccc(OC)cc2)c2ccc(-c3cc4n(c3)-c3ccc(-c5ccc(-c6ccc(/C=C(/C#N)C(=O)O)s6)s5)cc3C4=O)cc2)cc1. The Bertz CT molecular complexity index is 2540. The van der Waals surface area contributed by atoms with Crippen molar-refractivity contribution >= 4 is 57.6 Å². The number of hydrogen-bond donors (Lipinski definition) is 1. The van der Waals surface area contributed by atoms with Crippen LogP contribution in [0.4, 0.5) is 17.1 Å². The van der Waals surface area contributed by atoms with E-state index < -0.39 is 5.97 Å². The maximum Gasteiger partial charge on any atom is 0.346 e. The van der Waals surface area contributed by atoms with Crippen LogP contribution in [0.3, 0.4) is 0 Å². The van der Waals surface area contributed by atoms with E-state index in [2.05, 4.69) is 29.2 Å². The first-order valence-electron chi connectivity index (χ1n) is 16.5. The van der Waals surface area contributed by atoms with E-state index in [-0.39, 0.29) is 11.4 Å². The first-order valence-corrected chi connectivity index (χ1v) is 18.1. The number of carbonyl (C=O) groups is 2. The number of aromatic nitrogens is 1. The number of ether oxygens (including phenoxy) is 2. The van der Waals surface area contributed by atoms with Gasteiger partial charge in [0.25, 0.3) is 0 Å². The fraction of sp³-hybridized carbons (Fsp3) is 0.0465. The lowest BCUT2D eigenvalue weighted by atomic mass is 10.0. The van der Waals surface area contributed by atoms with Gasteiger partial charge >= 0.3 is 5.97 Å². The molecule has 0 fully saturated rings. The van der Waals surface area contributed by atoms with E-state index in [0.29, 0.717) is 16.1 Å². The zero-order valence-corrected chi connectivity index (χ0v) is 30.1. The summed E-state index contributed by atoms with van der Waals surface area (Å²) in [5.74, 6) is 0.295. The molecule has 0 amide bonds. The lowest BCUT2D eigenvalue weighted by Gasteiger charge is -2.26. The minimum absolute atomic E-state index is 0.0203. The number of ketones is 1. The minimum Gasteiger partial charge on any atom is -0.497 e. The van der Waals surface area contributed by atoms with Crippen LogP contribution in [0.15, 0.2) is 133 Å². The van der Waals surface area contributed by atoms with Crippen molar-refractivity contribution in [3.05, 3.63) is 149 Å². The minimum atomic E-state index is -1.25. The van der Waals surface area contributed by atoms with Crippen LogP contribution in [0.2, 0.25) is 0 Å². The average Bonchev–Trinajstić information content (AvgIpc) is 4.01. The molecular formula is C43H29N3O5S2. The van der Waals surface area contributed by atoms with Gasteiger partial charge in [0.2, 0.25) is 5.78 Å². The number of aliphatic carboxylic acids is 1. The molecule has 0 atom stereocenters. The van der Waals surface area contributed by atoms with Crippen LogP contribution in [0.1, 0.15) is 20.9 Å². The van der Waals surface area contributed by atoms with Gasteiger partial charge in [0.1, 0.15) is 23.1 Å². The highest BCUT2D eigenvalue weighted by atomic mass is 32.1. The van der Waals surface area contributed by atoms with E-state index >= 15 is 0 Å². The highest BCUT2D eigenvalue weighted by molar-refractivity contribution is 7.24. The number of rotatable bonds is 10. The van der Waals surface area contributed by atoms with E-state index in [0.717, 1.165) is 65.6 Å². The smallest absolute Gasteiger partial charge is 0.346 e. The molecular weight excluding hydrogens is 703 g/mol. The van der Waals surface area contributed by atoms with E-state index in [9.17, 15) is 14.7 Å². The molecule has 53 heavy (non-hydrogen) atoms. The van der Waals surface area contributed by atoms with Gasteiger partial charge in [-0.1, -0.05) is 18.2 Å². The number of carboxylic acids is 1. The summed E-state index contributed by atoms with van der Waals surface area (Å²) >= 11 is 3.02. The molecule has 0 unspecified atom stereocenters. The van der Waals surface area contributed by atoms with E-state index in [1.165, 1.54) is 17.4 Å². The van der Waals surface area contributed by atoms with Crippen LogP contribution in [-0.2, 0) is 4.79 Å². The van der Waals surface area contributed by atoms with Crippen molar-refractivity contribution in [1.29, 1.82) is 5.26 Å². The number of hydrogen-bond acceptors (Lipinski definition) is 8. The number of carboxylic acid groups (broad SMARTS) is 1. The van der Waals surface area contributed by atoms with Crippen molar-refractivity contribution < 1.29 is 24.2 Å². The van der Waals surface area contributed by atoms with Crippen molar-refractivity contribution in [3.63, 3.8) is 0 Å². The van der Waals surface area contributed by atoms with Gasteiger partial charge in [0.15, 0.2) is 0 Å². The van der Waals surface area contributed by atoms with Gasteiger partial charge in [-0.05, 0) is 120 Å². The highest BCUT2D eigenvalue weighted by Gasteiger charge is 2.28. The summed E-state index contributed by atoms with van der Waals surface area (Å²) in [6, 6.07) is 41.6. The molecule has 1 aliphatic heterocycles. The molecule has 0 bridgehead atoms. The summed E-state index contributed by atoms with van der Waals surface area (Å²) in [5.41, 5.74) is 7.66. The van der Waals surface area contributed by atoms with Crippen LogP contribution in [0.25, 0.3) is 43.1 Å². The second kappa shape index (κ2) is 13.8. The number of carbonyl (C=O) groups excluding carboxylic acids is 1. The van der Waals surface area contributed by atoms with Gasteiger partial charge in [-0.3, -0.25) is 4.79 Å². The van der Waals surface area contributed by atoms with Crippen LogP contribution < -0.4 is 14.4 Å². The third-order valence-electron chi connectivity index (χ3n) is 9.07. The summed E-state index contributed by atoms with van der Waals surface area (Å²) in [7, 11) is 3.31. The zero-order valence-electron chi connectivity index (χ0n) is 28.4. The Balaban J connectivity index is 1.04. The van der Waals surface area contributed by atoms with Gasteiger partial charge in [-0.25, -0.2) is 4.79 Å². The predicted molar refractivity (Wildman–Crippen MR) is 210 cm³/mol.